The Morgan fingerprint density at radius 2 is 1.91 bits per heavy atom. The van der Waals surface area contributed by atoms with E-state index in [9.17, 15) is 19.1 Å². The van der Waals surface area contributed by atoms with Crippen LogP contribution in [0.2, 0.25) is 0 Å². The minimum atomic E-state index is -0.778. The van der Waals surface area contributed by atoms with Gasteiger partial charge in [-0.15, -0.1) is 0 Å². The molecule has 1 aromatic carbocycles. The van der Waals surface area contributed by atoms with Gasteiger partial charge in [-0.3, -0.25) is 10.1 Å². The molecule has 15 heteroatoms. The van der Waals surface area contributed by atoms with E-state index in [-0.39, 0.29) is 42.7 Å². The summed E-state index contributed by atoms with van der Waals surface area (Å²) in [5.74, 6) is -0.920. The molecule has 0 unspecified atom stereocenters. The SMILES string of the molecule is COc1cnc2c(-c3nc4cc(F)c(OCCOC(=O)Nc5ccc(C(=O)NCC6(CO)CCC6)nc5)nc4s3)cc(C)cc2n1. The third kappa shape index (κ3) is 6.65. The zero-order chi connectivity index (χ0) is 32.3. The molecular weight excluding hydrogens is 617 g/mol. The molecule has 1 aliphatic carbocycles. The number of thiazole rings is 1. The first kappa shape index (κ1) is 31.0. The molecule has 0 radical (unpaired) electrons. The van der Waals surface area contributed by atoms with Crippen LogP contribution in [0, 0.1) is 18.2 Å². The summed E-state index contributed by atoms with van der Waals surface area (Å²) in [7, 11) is 1.52. The van der Waals surface area contributed by atoms with Crippen molar-refractivity contribution in [3.05, 3.63) is 59.8 Å². The number of aliphatic hydroxyl groups excluding tert-OH is 1. The highest BCUT2D eigenvalue weighted by Gasteiger charge is 2.36. The third-order valence-electron chi connectivity index (χ3n) is 7.69. The van der Waals surface area contributed by atoms with E-state index in [1.54, 1.807) is 0 Å². The summed E-state index contributed by atoms with van der Waals surface area (Å²) < 4.78 is 30.6. The molecule has 3 N–H and O–H groups in total. The molecule has 0 aliphatic heterocycles. The number of aromatic nitrogens is 5. The quantitative estimate of drug-likeness (QED) is 0.170. The van der Waals surface area contributed by atoms with Crippen molar-refractivity contribution in [3.8, 4) is 22.3 Å². The Kier molecular flexibility index (Phi) is 8.85. The second-order valence-electron chi connectivity index (χ2n) is 10.9. The highest BCUT2D eigenvalue weighted by molar-refractivity contribution is 7.21. The summed E-state index contributed by atoms with van der Waals surface area (Å²) in [6, 6.07) is 8.07. The molecule has 2 amide bonds. The van der Waals surface area contributed by atoms with Crippen molar-refractivity contribution in [3.63, 3.8) is 0 Å². The first-order valence-electron chi connectivity index (χ1n) is 14.5. The molecule has 4 heterocycles. The van der Waals surface area contributed by atoms with E-state index in [1.165, 1.54) is 49.0 Å². The topological polar surface area (TPSA) is 171 Å². The van der Waals surface area contributed by atoms with E-state index in [2.05, 4.69) is 35.6 Å². The van der Waals surface area contributed by atoms with Gasteiger partial charge in [-0.1, -0.05) is 17.8 Å². The molecule has 13 nitrogen and oxygen atoms in total. The van der Waals surface area contributed by atoms with Crippen LogP contribution < -0.4 is 20.1 Å². The Labute approximate surface area is 266 Å². The maximum absolute atomic E-state index is 14.8. The minimum Gasteiger partial charge on any atom is -0.480 e. The molecule has 1 saturated carbocycles. The monoisotopic (exact) mass is 647 g/mol. The van der Waals surface area contributed by atoms with Crippen molar-refractivity contribution in [2.75, 3.05) is 38.8 Å². The van der Waals surface area contributed by atoms with Crippen molar-refractivity contribution in [1.29, 1.82) is 0 Å². The van der Waals surface area contributed by atoms with E-state index in [0.29, 0.717) is 44.5 Å². The number of benzene rings is 1. The van der Waals surface area contributed by atoms with Crippen LogP contribution in [0.15, 0.2) is 42.7 Å². The summed E-state index contributed by atoms with van der Waals surface area (Å²) in [5, 5.41) is 15.5. The van der Waals surface area contributed by atoms with Gasteiger partial charge in [-0.05, 0) is 49.6 Å². The zero-order valence-electron chi connectivity index (χ0n) is 25.0. The van der Waals surface area contributed by atoms with Gasteiger partial charge in [0, 0.05) is 23.6 Å². The maximum Gasteiger partial charge on any atom is 0.411 e. The average molecular weight is 648 g/mol. The van der Waals surface area contributed by atoms with Gasteiger partial charge in [0.25, 0.3) is 11.8 Å². The first-order valence-corrected chi connectivity index (χ1v) is 15.3. The predicted molar refractivity (Wildman–Crippen MR) is 168 cm³/mol. The number of aliphatic hydroxyl groups is 1. The number of anilines is 1. The van der Waals surface area contributed by atoms with Crippen LogP contribution in [0.4, 0.5) is 14.9 Å². The molecule has 4 aromatic heterocycles. The van der Waals surface area contributed by atoms with E-state index in [1.807, 2.05) is 19.1 Å². The lowest BCUT2D eigenvalue weighted by Gasteiger charge is -2.40. The number of nitrogens with zero attached hydrogens (tertiary/aromatic N) is 5. The second kappa shape index (κ2) is 13.1. The molecular formula is C31H30FN7O6S. The van der Waals surface area contributed by atoms with Crippen LogP contribution in [-0.4, -0.2) is 75.5 Å². The summed E-state index contributed by atoms with van der Waals surface area (Å²) in [6.45, 7) is 2.01. The van der Waals surface area contributed by atoms with Gasteiger partial charge in [-0.2, -0.15) is 4.98 Å². The number of aryl methyl sites for hydroxylation is 1. The number of carbonyl (C=O) groups excluding carboxylic acids is 2. The fourth-order valence-electron chi connectivity index (χ4n) is 5.01. The number of nitrogens with one attached hydrogen (secondary N) is 2. The fourth-order valence-corrected chi connectivity index (χ4v) is 5.94. The lowest BCUT2D eigenvalue weighted by Crippen LogP contribution is -2.44. The van der Waals surface area contributed by atoms with Crippen LogP contribution in [0.5, 0.6) is 11.8 Å². The smallest absolute Gasteiger partial charge is 0.411 e. The van der Waals surface area contributed by atoms with Gasteiger partial charge >= 0.3 is 6.09 Å². The molecule has 0 spiro atoms. The van der Waals surface area contributed by atoms with Crippen LogP contribution in [0.3, 0.4) is 0 Å². The standard InChI is InChI=1S/C31H30FN7O6S/c1-17-10-19(25-22(11-17)37-24(43-2)14-34-25)28-38-23-12-20(32)27(39-29(23)46-28)44-8-9-45-30(42)36-18-4-5-21(33-13-18)26(41)35-15-31(16-40)6-3-7-31/h4-5,10-14,40H,3,6-9,15-16H2,1-2H3,(H,35,41)(H,36,42). The van der Waals surface area contributed by atoms with E-state index >= 15 is 0 Å². The Balaban J connectivity index is 1.02. The number of rotatable bonds is 11. The summed E-state index contributed by atoms with van der Waals surface area (Å²) >= 11 is 1.26. The van der Waals surface area contributed by atoms with Crippen molar-refractivity contribution in [2.24, 2.45) is 5.41 Å². The molecule has 0 bridgehead atoms. The molecule has 238 valence electrons. The molecule has 0 atom stereocenters. The average Bonchev–Trinajstić information content (AvgIpc) is 3.44. The normalized spacial score (nSPS) is 13.7. The lowest BCUT2D eigenvalue weighted by molar-refractivity contribution is 0.0428. The number of amides is 2. The van der Waals surface area contributed by atoms with Crippen LogP contribution in [0.1, 0.15) is 35.3 Å². The molecule has 1 aliphatic rings. The Bertz CT molecular complexity index is 1910. The van der Waals surface area contributed by atoms with Crippen molar-refractivity contribution >= 4 is 50.4 Å². The number of halogens is 1. The molecule has 46 heavy (non-hydrogen) atoms. The largest absolute Gasteiger partial charge is 0.480 e. The van der Waals surface area contributed by atoms with Crippen molar-refractivity contribution < 1.29 is 33.3 Å². The molecule has 1 fully saturated rings. The van der Waals surface area contributed by atoms with Crippen molar-refractivity contribution in [1.82, 2.24) is 30.2 Å². The summed E-state index contributed by atoms with van der Waals surface area (Å²) in [4.78, 5) is 47.0. The fraction of sp³-hybridized carbons (Fsp3) is 0.323. The van der Waals surface area contributed by atoms with E-state index in [4.69, 9.17) is 14.2 Å². The van der Waals surface area contributed by atoms with Gasteiger partial charge in [0.1, 0.15) is 34.3 Å². The van der Waals surface area contributed by atoms with Crippen LogP contribution in [-0.2, 0) is 4.74 Å². The minimum absolute atomic E-state index is 0.0316. The number of ether oxygens (including phenoxy) is 3. The Hall–Kier alpha value is -5.02. The van der Waals surface area contributed by atoms with Crippen molar-refractivity contribution in [2.45, 2.75) is 26.2 Å². The number of hydrogen-bond donors (Lipinski definition) is 3. The van der Waals surface area contributed by atoms with Crippen LogP contribution in [0.25, 0.3) is 32.0 Å². The highest BCUT2D eigenvalue weighted by Crippen LogP contribution is 2.39. The van der Waals surface area contributed by atoms with Gasteiger partial charge in [-0.25, -0.2) is 29.1 Å². The maximum atomic E-state index is 14.8. The number of hydrogen-bond acceptors (Lipinski definition) is 12. The molecule has 6 rings (SSSR count). The number of fused-ring (bicyclic) bond motifs is 2. The lowest BCUT2D eigenvalue weighted by atomic mass is 9.69. The summed E-state index contributed by atoms with van der Waals surface area (Å²) in [5.41, 5.74) is 3.58. The number of pyridine rings is 2. The number of methoxy groups -OCH3 is 1. The number of carbonyl (C=O) groups is 2. The van der Waals surface area contributed by atoms with Gasteiger partial charge in [0.15, 0.2) is 5.82 Å². The van der Waals surface area contributed by atoms with Crippen LogP contribution >= 0.6 is 11.3 Å². The first-order chi connectivity index (χ1) is 22.3. The van der Waals surface area contributed by atoms with Gasteiger partial charge < -0.3 is 24.6 Å². The van der Waals surface area contributed by atoms with E-state index in [0.717, 1.165) is 30.4 Å². The second-order valence-corrected chi connectivity index (χ2v) is 11.9. The molecule has 0 saturated heterocycles. The predicted octanol–water partition coefficient (Wildman–Crippen LogP) is 4.67. The Morgan fingerprint density at radius 1 is 1.07 bits per heavy atom. The Morgan fingerprint density at radius 3 is 2.63 bits per heavy atom. The zero-order valence-corrected chi connectivity index (χ0v) is 25.8. The van der Waals surface area contributed by atoms with Gasteiger partial charge in [0.2, 0.25) is 5.88 Å². The molecule has 5 aromatic rings. The van der Waals surface area contributed by atoms with Gasteiger partial charge in [0.05, 0.1) is 42.8 Å². The highest BCUT2D eigenvalue weighted by atomic mass is 32.1. The summed E-state index contributed by atoms with van der Waals surface area (Å²) in [6.07, 6.45) is 4.87. The third-order valence-corrected chi connectivity index (χ3v) is 8.68. The van der Waals surface area contributed by atoms with E-state index < -0.39 is 11.9 Å².